The van der Waals surface area contributed by atoms with Crippen LogP contribution < -0.4 is 5.32 Å². The molecule has 2 nitrogen and oxygen atoms in total. The highest BCUT2D eigenvalue weighted by Crippen LogP contribution is 2.16. The molecule has 0 aliphatic heterocycles. The number of benzene rings is 2. The lowest BCUT2D eigenvalue weighted by molar-refractivity contribution is -0.118. The molecule has 0 saturated carbocycles. The van der Waals surface area contributed by atoms with E-state index in [1.807, 2.05) is 42.5 Å². The molecule has 2 aromatic carbocycles. The third kappa shape index (κ3) is 5.74. The molecule has 1 amide bonds. The minimum absolute atomic E-state index is 0.0849. The predicted octanol–water partition coefficient (Wildman–Crippen LogP) is 4.49. The molecular formula is C18H20ClNOS. The standard InChI is InChI=1S/C18H20ClNOS/c1-14(16-5-3-2-4-6-16)11-20-18(21)13-22-12-15-7-9-17(19)10-8-15/h2-10,14H,11-13H2,1H3,(H,20,21). The van der Waals surface area contributed by atoms with Crippen LogP contribution in [-0.2, 0) is 10.5 Å². The molecule has 1 unspecified atom stereocenters. The summed E-state index contributed by atoms with van der Waals surface area (Å²) in [5, 5.41) is 3.73. The lowest BCUT2D eigenvalue weighted by Crippen LogP contribution is -2.29. The van der Waals surface area contributed by atoms with Gasteiger partial charge in [0.2, 0.25) is 5.91 Å². The zero-order chi connectivity index (χ0) is 15.8. The zero-order valence-electron chi connectivity index (χ0n) is 12.6. The molecule has 0 aromatic heterocycles. The number of rotatable bonds is 7. The van der Waals surface area contributed by atoms with Crippen molar-refractivity contribution >= 4 is 29.3 Å². The van der Waals surface area contributed by atoms with Crippen LogP contribution in [0.4, 0.5) is 0 Å². The fourth-order valence-electron chi connectivity index (χ4n) is 2.06. The minimum atomic E-state index is 0.0849. The van der Waals surface area contributed by atoms with Gasteiger partial charge in [-0.1, -0.05) is 61.0 Å². The van der Waals surface area contributed by atoms with Crippen molar-refractivity contribution in [3.05, 3.63) is 70.7 Å². The first-order valence-electron chi connectivity index (χ1n) is 7.29. The topological polar surface area (TPSA) is 29.1 Å². The normalized spacial score (nSPS) is 11.9. The Morgan fingerprint density at radius 1 is 1.14 bits per heavy atom. The maximum Gasteiger partial charge on any atom is 0.230 e. The van der Waals surface area contributed by atoms with Gasteiger partial charge >= 0.3 is 0 Å². The first-order chi connectivity index (χ1) is 10.6. The number of carbonyl (C=O) groups excluding carboxylic acids is 1. The Hall–Kier alpha value is -1.45. The molecule has 0 aliphatic rings. The number of hydrogen-bond donors (Lipinski definition) is 1. The van der Waals surface area contributed by atoms with Gasteiger partial charge in [-0.2, -0.15) is 0 Å². The van der Waals surface area contributed by atoms with E-state index in [1.165, 1.54) is 11.1 Å². The van der Waals surface area contributed by atoms with E-state index in [0.717, 1.165) is 10.8 Å². The second kappa shape index (κ2) is 8.86. The molecule has 0 saturated heterocycles. The van der Waals surface area contributed by atoms with Gasteiger partial charge in [0.15, 0.2) is 0 Å². The van der Waals surface area contributed by atoms with Gasteiger partial charge in [0.1, 0.15) is 0 Å². The van der Waals surface area contributed by atoms with Gasteiger partial charge < -0.3 is 5.32 Å². The SMILES string of the molecule is CC(CNC(=O)CSCc1ccc(Cl)cc1)c1ccccc1. The summed E-state index contributed by atoms with van der Waals surface area (Å²) in [6.07, 6.45) is 0. The molecule has 0 heterocycles. The molecule has 0 aliphatic carbocycles. The summed E-state index contributed by atoms with van der Waals surface area (Å²) < 4.78 is 0. The third-order valence-electron chi connectivity index (χ3n) is 3.39. The van der Waals surface area contributed by atoms with Crippen LogP contribution in [0.15, 0.2) is 54.6 Å². The Balaban J connectivity index is 1.66. The van der Waals surface area contributed by atoms with Crippen LogP contribution in [0.25, 0.3) is 0 Å². The van der Waals surface area contributed by atoms with Gasteiger partial charge in [-0.25, -0.2) is 0 Å². The molecule has 1 atom stereocenters. The van der Waals surface area contributed by atoms with Gasteiger partial charge in [-0.15, -0.1) is 11.8 Å². The number of halogens is 1. The number of hydrogen-bond acceptors (Lipinski definition) is 2. The average molecular weight is 334 g/mol. The lowest BCUT2D eigenvalue weighted by Gasteiger charge is -2.13. The van der Waals surface area contributed by atoms with Crippen LogP contribution in [-0.4, -0.2) is 18.2 Å². The van der Waals surface area contributed by atoms with Crippen molar-refractivity contribution in [1.82, 2.24) is 5.32 Å². The van der Waals surface area contributed by atoms with E-state index in [0.29, 0.717) is 18.2 Å². The molecule has 2 aromatic rings. The first-order valence-corrected chi connectivity index (χ1v) is 8.82. The Morgan fingerprint density at radius 2 is 1.82 bits per heavy atom. The maximum atomic E-state index is 11.9. The second-order valence-electron chi connectivity index (χ2n) is 5.24. The third-order valence-corrected chi connectivity index (χ3v) is 4.64. The summed E-state index contributed by atoms with van der Waals surface area (Å²) in [4.78, 5) is 11.9. The van der Waals surface area contributed by atoms with Crippen LogP contribution in [0.3, 0.4) is 0 Å². The summed E-state index contributed by atoms with van der Waals surface area (Å²) in [6, 6.07) is 18.0. The van der Waals surface area contributed by atoms with E-state index >= 15 is 0 Å². The summed E-state index contributed by atoms with van der Waals surface area (Å²) in [5.41, 5.74) is 2.43. The van der Waals surface area contributed by atoms with Crippen molar-refractivity contribution in [1.29, 1.82) is 0 Å². The van der Waals surface area contributed by atoms with Crippen LogP contribution in [0.5, 0.6) is 0 Å². The van der Waals surface area contributed by atoms with Crippen LogP contribution >= 0.6 is 23.4 Å². The van der Waals surface area contributed by atoms with E-state index in [-0.39, 0.29) is 5.91 Å². The van der Waals surface area contributed by atoms with Crippen LogP contribution in [0.1, 0.15) is 24.0 Å². The van der Waals surface area contributed by atoms with Crippen LogP contribution in [0, 0.1) is 0 Å². The van der Waals surface area contributed by atoms with Gasteiger partial charge in [0.05, 0.1) is 5.75 Å². The highest BCUT2D eigenvalue weighted by atomic mass is 35.5. The van der Waals surface area contributed by atoms with Crippen molar-refractivity contribution in [2.75, 3.05) is 12.3 Å². The van der Waals surface area contributed by atoms with E-state index in [2.05, 4.69) is 24.4 Å². The fraction of sp³-hybridized carbons (Fsp3) is 0.278. The van der Waals surface area contributed by atoms with Crippen molar-refractivity contribution in [2.24, 2.45) is 0 Å². The molecule has 22 heavy (non-hydrogen) atoms. The largest absolute Gasteiger partial charge is 0.355 e. The molecule has 2 rings (SSSR count). The summed E-state index contributed by atoms with van der Waals surface area (Å²) in [5.74, 6) is 1.70. The van der Waals surface area contributed by atoms with E-state index < -0.39 is 0 Å². The Kier molecular flexibility index (Phi) is 6.81. The maximum absolute atomic E-state index is 11.9. The molecular weight excluding hydrogens is 314 g/mol. The van der Waals surface area contributed by atoms with Gasteiger partial charge in [0, 0.05) is 17.3 Å². The average Bonchev–Trinajstić information content (AvgIpc) is 2.55. The van der Waals surface area contributed by atoms with Crippen molar-refractivity contribution < 1.29 is 4.79 Å². The highest BCUT2D eigenvalue weighted by Gasteiger charge is 2.07. The summed E-state index contributed by atoms with van der Waals surface area (Å²) in [6.45, 7) is 2.79. The number of amides is 1. The number of thioether (sulfide) groups is 1. The van der Waals surface area contributed by atoms with E-state index in [1.54, 1.807) is 11.8 Å². The van der Waals surface area contributed by atoms with Gasteiger partial charge in [-0.3, -0.25) is 4.79 Å². The number of nitrogens with one attached hydrogen (secondary N) is 1. The van der Waals surface area contributed by atoms with Crippen molar-refractivity contribution in [3.63, 3.8) is 0 Å². The van der Waals surface area contributed by atoms with Crippen molar-refractivity contribution in [2.45, 2.75) is 18.6 Å². The monoisotopic (exact) mass is 333 g/mol. The summed E-state index contributed by atoms with van der Waals surface area (Å²) in [7, 11) is 0. The minimum Gasteiger partial charge on any atom is -0.355 e. The number of carbonyl (C=O) groups is 1. The van der Waals surface area contributed by atoms with Crippen LogP contribution in [0.2, 0.25) is 5.02 Å². The molecule has 0 fully saturated rings. The fourth-order valence-corrected chi connectivity index (χ4v) is 3.00. The molecule has 0 spiro atoms. The first kappa shape index (κ1) is 16.9. The Morgan fingerprint density at radius 3 is 2.50 bits per heavy atom. The van der Waals surface area contributed by atoms with Crippen molar-refractivity contribution in [3.8, 4) is 0 Å². The quantitative estimate of drug-likeness (QED) is 0.808. The molecule has 4 heteroatoms. The molecule has 1 N–H and O–H groups in total. The van der Waals surface area contributed by atoms with Gasteiger partial charge in [0.25, 0.3) is 0 Å². The summed E-state index contributed by atoms with van der Waals surface area (Å²) >= 11 is 7.46. The lowest BCUT2D eigenvalue weighted by atomic mass is 10.0. The Bertz CT molecular complexity index is 586. The molecule has 0 bridgehead atoms. The van der Waals surface area contributed by atoms with E-state index in [9.17, 15) is 4.79 Å². The Labute approximate surface area is 141 Å². The predicted molar refractivity (Wildman–Crippen MR) is 95.5 cm³/mol. The highest BCUT2D eigenvalue weighted by molar-refractivity contribution is 7.99. The molecule has 116 valence electrons. The second-order valence-corrected chi connectivity index (χ2v) is 6.66. The molecule has 0 radical (unpaired) electrons. The zero-order valence-corrected chi connectivity index (χ0v) is 14.2. The van der Waals surface area contributed by atoms with E-state index in [4.69, 9.17) is 11.6 Å². The van der Waals surface area contributed by atoms with Gasteiger partial charge in [-0.05, 0) is 29.2 Å². The smallest absolute Gasteiger partial charge is 0.230 e.